The zero-order valence-electron chi connectivity index (χ0n) is 10.8. The van der Waals surface area contributed by atoms with Gasteiger partial charge in [-0.15, -0.1) is 0 Å². The van der Waals surface area contributed by atoms with Crippen LogP contribution >= 0.6 is 11.5 Å². The largest absolute Gasteiger partial charge is 0.314 e. The van der Waals surface area contributed by atoms with Crippen LogP contribution in [0.3, 0.4) is 0 Å². The molecule has 0 spiro atoms. The average molecular weight is 241 g/mol. The number of hydrogen-bond donors (Lipinski definition) is 1. The van der Waals surface area contributed by atoms with Gasteiger partial charge in [0.15, 0.2) is 0 Å². The van der Waals surface area contributed by atoms with Crippen LogP contribution in [-0.4, -0.2) is 21.9 Å². The lowest BCUT2D eigenvalue weighted by molar-refractivity contribution is 0.479. The van der Waals surface area contributed by atoms with Gasteiger partial charge in [-0.25, -0.2) is 4.98 Å². The Bertz CT molecular complexity index is 298. The average Bonchev–Trinajstić information content (AvgIpc) is 2.74. The van der Waals surface area contributed by atoms with Crippen LogP contribution in [0, 0.1) is 0 Å². The van der Waals surface area contributed by atoms with Crippen molar-refractivity contribution in [3.63, 3.8) is 0 Å². The second kappa shape index (κ2) is 6.97. The first-order chi connectivity index (χ1) is 7.69. The third-order valence-electron chi connectivity index (χ3n) is 2.81. The van der Waals surface area contributed by atoms with E-state index in [2.05, 4.69) is 42.4 Å². The van der Waals surface area contributed by atoms with Crippen molar-refractivity contribution in [3.8, 4) is 0 Å². The van der Waals surface area contributed by atoms with Crippen LogP contribution in [-0.2, 0) is 6.42 Å². The molecule has 0 aliphatic heterocycles. The third-order valence-corrected chi connectivity index (χ3v) is 3.77. The van der Waals surface area contributed by atoms with Crippen LogP contribution < -0.4 is 5.32 Å². The number of hydrogen-bond acceptors (Lipinski definition) is 4. The quantitative estimate of drug-likeness (QED) is 0.797. The van der Waals surface area contributed by atoms with Crippen LogP contribution in [0.15, 0.2) is 0 Å². The van der Waals surface area contributed by atoms with E-state index in [1.807, 2.05) is 0 Å². The van der Waals surface area contributed by atoms with Gasteiger partial charge in [0, 0.05) is 18.4 Å². The summed E-state index contributed by atoms with van der Waals surface area (Å²) in [5.41, 5.74) is 0. The minimum Gasteiger partial charge on any atom is -0.314 e. The first-order valence-electron chi connectivity index (χ1n) is 6.24. The summed E-state index contributed by atoms with van der Waals surface area (Å²) in [5.74, 6) is 1.46. The van der Waals surface area contributed by atoms with Gasteiger partial charge in [0.2, 0.25) is 0 Å². The van der Waals surface area contributed by atoms with Gasteiger partial charge in [0.05, 0.1) is 0 Å². The number of nitrogens with one attached hydrogen (secondary N) is 1. The second-order valence-corrected chi connectivity index (χ2v) is 5.11. The van der Waals surface area contributed by atoms with E-state index >= 15 is 0 Å². The van der Waals surface area contributed by atoms with Crippen molar-refractivity contribution < 1.29 is 0 Å². The van der Waals surface area contributed by atoms with Crippen molar-refractivity contribution in [2.75, 3.05) is 6.54 Å². The zero-order valence-corrected chi connectivity index (χ0v) is 11.6. The summed E-state index contributed by atoms with van der Waals surface area (Å²) in [7, 11) is 0. The van der Waals surface area contributed by atoms with E-state index in [0.29, 0.717) is 12.0 Å². The van der Waals surface area contributed by atoms with Crippen molar-refractivity contribution in [1.82, 2.24) is 14.7 Å². The standard InChI is InChI=1S/C12H23N3S/c1-5-7-11-14-12(16-15-11)9(3)10(4)13-8-6-2/h9-10,13H,5-8H2,1-4H3. The van der Waals surface area contributed by atoms with Gasteiger partial charge < -0.3 is 5.32 Å². The molecule has 0 aliphatic carbocycles. The Morgan fingerprint density at radius 2 is 2.00 bits per heavy atom. The van der Waals surface area contributed by atoms with Crippen molar-refractivity contribution in [3.05, 3.63) is 10.8 Å². The molecule has 1 heterocycles. The summed E-state index contributed by atoms with van der Waals surface area (Å²) in [4.78, 5) is 4.60. The van der Waals surface area contributed by atoms with Crippen molar-refractivity contribution in [2.45, 2.75) is 58.9 Å². The molecule has 0 saturated carbocycles. The molecule has 3 nitrogen and oxygen atoms in total. The summed E-state index contributed by atoms with van der Waals surface area (Å²) in [6, 6.07) is 0.474. The topological polar surface area (TPSA) is 37.8 Å². The normalized spacial score (nSPS) is 15.0. The van der Waals surface area contributed by atoms with E-state index in [9.17, 15) is 0 Å². The lowest BCUT2D eigenvalue weighted by Gasteiger charge is -2.18. The Balaban J connectivity index is 2.53. The number of nitrogens with zero attached hydrogens (tertiary/aromatic N) is 2. The van der Waals surface area contributed by atoms with Gasteiger partial charge in [-0.2, -0.15) is 4.37 Å². The Morgan fingerprint density at radius 3 is 2.62 bits per heavy atom. The van der Waals surface area contributed by atoms with E-state index < -0.39 is 0 Å². The van der Waals surface area contributed by atoms with Gasteiger partial charge >= 0.3 is 0 Å². The molecule has 0 saturated heterocycles. The number of rotatable bonds is 7. The van der Waals surface area contributed by atoms with Crippen LogP contribution in [0.4, 0.5) is 0 Å². The Morgan fingerprint density at radius 1 is 1.25 bits per heavy atom. The molecule has 1 aromatic rings. The van der Waals surface area contributed by atoms with Crippen molar-refractivity contribution in [2.24, 2.45) is 0 Å². The molecule has 16 heavy (non-hydrogen) atoms. The molecule has 0 bridgehead atoms. The first kappa shape index (κ1) is 13.6. The fraction of sp³-hybridized carbons (Fsp3) is 0.833. The summed E-state index contributed by atoms with van der Waals surface area (Å²) in [6.45, 7) is 9.88. The number of aromatic nitrogens is 2. The predicted molar refractivity (Wildman–Crippen MR) is 70.1 cm³/mol. The molecule has 0 radical (unpaired) electrons. The summed E-state index contributed by atoms with van der Waals surface area (Å²) >= 11 is 1.56. The third kappa shape index (κ3) is 3.83. The van der Waals surface area contributed by atoms with Crippen LogP contribution in [0.2, 0.25) is 0 Å². The van der Waals surface area contributed by atoms with Gasteiger partial charge in [-0.1, -0.05) is 20.8 Å². The molecule has 0 aliphatic rings. The van der Waals surface area contributed by atoms with E-state index in [0.717, 1.165) is 25.2 Å². The van der Waals surface area contributed by atoms with E-state index in [-0.39, 0.29) is 0 Å². The molecule has 92 valence electrons. The van der Waals surface area contributed by atoms with Gasteiger partial charge in [0.1, 0.15) is 10.8 Å². The summed E-state index contributed by atoms with van der Waals surface area (Å²) in [5, 5.41) is 4.68. The van der Waals surface area contributed by atoms with Crippen LogP contribution in [0.5, 0.6) is 0 Å². The zero-order chi connectivity index (χ0) is 12.0. The maximum atomic E-state index is 4.60. The Hall–Kier alpha value is -0.480. The molecule has 2 atom stereocenters. The SMILES string of the molecule is CCCNC(C)C(C)c1nc(CCC)ns1. The van der Waals surface area contributed by atoms with Crippen LogP contribution in [0.1, 0.15) is 57.3 Å². The number of aryl methyl sites for hydroxylation is 1. The molecule has 0 aromatic carbocycles. The van der Waals surface area contributed by atoms with Gasteiger partial charge in [0.25, 0.3) is 0 Å². The van der Waals surface area contributed by atoms with Crippen molar-refractivity contribution >= 4 is 11.5 Å². The molecule has 0 amide bonds. The van der Waals surface area contributed by atoms with E-state index in [1.54, 1.807) is 11.5 Å². The highest BCUT2D eigenvalue weighted by molar-refractivity contribution is 7.05. The summed E-state index contributed by atoms with van der Waals surface area (Å²) < 4.78 is 4.39. The van der Waals surface area contributed by atoms with Crippen molar-refractivity contribution in [1.29, 1.82) is 0 Å². The molecule has 2 unspecified atom stereocenters. The predicted octanol–water partition coefficient (Wildman–Crippen LogP) is 2.98. The summed E-state index contributed by atoms with van der Waals surface area (Å²) in [6.07, 6.45) is 3.29. The minimum absolute atomic E-state index is 0.453. The fourth-order valence-corrected chi connectivity index (χ4v) is 2.39. The molecule has 0 fully saturated rings. The molecule has 1 N–H and O–H groups in total. The lowest BCUT2D eigenvalue weighted by atomic mass is 10.0. The van der Waals surface area contributed by atoms with Gasteiger partial charge in [-0.3, -0.25) is 0 Å². The first-order valence-corrected chi connectivity index (χ1v) is 7.02. The highest BCUT2D eigenvalue weighted by Gasteiger charge is 2.17. The minimum atomic E-state index is 0.453. The molecule has 1 rings (SSSR count). The Kier molecular flexibility index (Phi) is 5.91. The molecular formula is C12H23N3S. The molecule has 1 aromatic heterocycles. The Labute approximate surface area is 103 Å². The monoisotopic (exact) mass is 241 g/mol. The molecule has 4 heteroatoms. The van der Waals surface area contributed by atoms with E-state index in [1.165, 1.54) is 11.4 Å². The lowest BCUT2D eigenvalue weighted by Crippen LogP contribution is -2.31. The maximum absolute atomic E-state index is 4.60. The molecular weight excluding hydrogens is 218 g/mol. The van der Waals surface area contributed by atoms with E-state index in [4.69, 9.17) is 0 Å². The van der Waals surface area contributed by atoms with Gasteiger partial charge in [-0.05, 0) is 37.8 Å². The highest BCUT2D eigenvalue weighted by atomic mass is 32.1. The highest BCUT2D eigenvalue weighted by Crippen LogP contribution is 2.21. The maximum Gasteiger partial charge on any atom is 0.142 e. The fourth-order valence-electron chi connectivity index (χ4n) is 1.54. The smallest absolute Gasteiger partial charge is 0.142 e. The second-order valence-electron chi connectivity index (χ2n) is 4.33. The van der Waals surface area contributed by atoms with Crippen LogP contribution in [0.25, 0.3) is 0 Å².